The molecule has 0 atom stereocenters. The number of amides is 2. The van der Waals surface area contributed by atoms with Crippen molar-refractivity contribution in [1.29, 1.82) is 5.26 Å². The number of urea groups is 1. The molecule has 2 amide bonds. The van der Waals surface area contributed by atoms with E-state index in [2.05, 4.69) is 16.2 Å². The van der Waals surface area contributed by atoms with Gasteiger partial charge in [0.1, 0.15) is 5.69 Å². The number of halogens is 2. The van der Waals surface area contributed by atoms with Crippen molar-refractivity contribution in [2.24, 2.45) is 7.05 Å². The highest BCUT2D eigenvalue weighted by molar-refractivity contribution is 6.11. The van der Waals surface area contributed by atoms with Crippen molar-refractivity contribution in [3.8, 4) is 23.1 Å². The first-order chi connectivity index (χ1) is 20.1. The Kier molecular flexibility index (Phi) is 6.68. The quantitative estimate of drug-likeness (QED) is 0.245. The molecule has 214 valence electrons. The van der Waals surface area contributed by atoms with E-state index < -0.39 is 23.4 Å². The summed E-state index contributed by atoms with van der Waals surface area (Å²) in [5.41, 5.74) is 5.02. The SMILES string of the molecule is COc1cc(C(C)C)c(F)c(N2Cc3cnc(-c4cn(C)nc4C)cc3N(c3ccc(C#N)c(C4CC4)c3)C2=O)c1F. The number of benzene rings is 2. The summed E-state index contributed by atoms with van der Waals surface area (Å²) < 4.78 is 38.8. The van der Waals surface area contributed by atoms with Crippen molar-refractivity contribution in [2.75, 3.05) is 16.9 Å². The van der Waals surface area contributed by atoms with Crippen LogP contribution in [-0.4, -0.2) is 27.9 Å². The fraction of sp³-hybridized carbons (Fsp3) is 0.312. The van der Waals surface area contributed by atoms with Crippen molar-refractivity contribution in [2.45, 2.75) is 52.0 Å². The maximum Gasteiger partial charge on any atom is 0.334 e. The molecule has 2 aliphatic rings. The molecule has 0 unspecified atom stereocenters. The first kappa shape index (κ1) is 27.4. The average molecular weight is 569 g/mol. The summed E-state index contributed by atoms with van der Waals surface area (Å²) in [7, 11) is 3.13. The Hall–Kier alpha value is -4.78. The van der Waals surface area contributed by atoms with Gasteiger partial charge in [-0.2, -0.15) is 10.4 Å². The van der Waals surface area contributed by atoms with Gasteiger partial charge in [-0.3, -0.25) is 19.5 Å². The van der Waals surface area contributed by atoms with Crippen molar-refractivity contribution in [3.05, 3.63) is 82.3 Å². The number of nitrogens with zero attached hydrogens (tertiary/aromatic N) is 6. The van der Waals surface area contributed by atoms with Crippen molar-refractivity contribution in [1.82, 2.24) is 14.8 Å². The zero-order valence-corrected chi connectivity index (χ0v) is 24.1. The molecule has 1 aliphatic heterocycles. The van der Waals surface area contributed by atoms with Crippen LogP contribution >= 0.6 is 0 Å². The second kappa shape index (κ2) is 10.2. The van der Waals surface area contributed by atoms with E-state index in [0.29, 0.717) is 28.2 Å². The second-order valence-electron chi connectivity index (χ2n) is 11.2. The minimum absolute atomic E-state index is 0.103. The van der Waals surface area contributed by atoms with Crippen LogP contribution in [0.4, 0.5) is 30.6 Å². The molecule has 42 heavy (non-hydrogen) atoms. The summed E-state index contributed by atoms with van der Waals surface area (Å²) in [5, 5.41) is 14.1. The predicted octanol–water partition coefficient (Wildman–Crippen LogP) is 7.23. The van der Waals surface area contributed by atoms with Gasteiger partial charge >= 0.3 is 6.03 Å². The Labute approximate surface area is 242 Å². The molecule has 1 fully saturated rings. The Morgan fingerprint density at radius 2 is 1.90 bits per heavy atom. The van der Waals surface area contributed by atoms with Gasteiger partial charge in [0.2, 0.25) is 0 Å². The first-order valence-corrected chi connectivity index (χ1v) is 13.8. The summed E-state index contributed by atoms with van der Waals surface area (Å²) in [5.74, 6) is -1.95. The van der Waals surface area contributed by atoms with Crippen LogP contribution in [0.5, 0.6) is 5.75 Å². The molecular weight excluding hydrogens is 538 g/mol. The van der Waals surface area contributed by atoms with Gasteiger partial charge in [-0.05, 0) is 73.1 Å². The first-order valence-electron chi connectivity index (χ1n) is 13.8. The van der Waals surface area contributed by atoms with E-state index in [1.807, 2.05) is 26.2 Å². The lowest BCUT2D eigenvalue weighted by Crippen LogP contribution is -2.46. The van der Waals surface area contributed by atoms with E-state index in [0.717, 1.165) is 34.6 Å². The van der Waals surface area contributed by atoms with Gasteiger partial charge in [-0.1, -0.05) is 13.8 Å². The number of carbonyl (C=O) groups is 1. The Balaban J connectivity index is 1.57. The molecule has 2 aromatic heterocycles. The number of carbonyl (C=O) groups excluding carboxylic acids is 1. The Morgan fingerprint density at radius 1 is 1.14 bits per heavy atom. The van der Waals surface area contributed by atoms with Gasteiger partial charge in [-0.15, -0.1) is 0 Å². The molecule has 1 saturated carbocycles. The number of fused-ring (bicyclic) bond motifs is 1. The van der Waals surface area contributed by atoms with Crippen LogP contribution in [0.15, 0.2) is 42.7 Å². The third-order valence-corrected chi connectivity index (χ3v) is 7.96. The normalized spacial score (nSPS) is 14.8. The van der Waals surface area contributed by atoms with Crippen LogP contribution in [0.3, 0.4) is 0 Å². The molecular formula is C32H30F2N6O2. The lowest BCUT2D eigenvalue weighted by Gasteiger charge is -2.38. The van der Waals surface area contributed by atoms with Crippen LogP contribution in [0.25, 0.3) is 11.3 Å². The minimum Gasteiger partial charge on any atom is -0.494 e. The standard InChI is InChI=1S/C32H30F2N6O2/c1-17(2)23-11-28(42-5)30(34)31(29(23)33)39-15-21-14-36-26(25-16-38(4)37-18(25)3)12-27(21)40(32(39)41)22-9-8-20(13-35)24(10-22)19-6-7-19/h8-12,14,16-17,19H,6-7,15H2,1-5H3. The summed E-state index contributed by atoms with van der Waals surface area (Å²) >= 11 is 0. The number of pyridine rings is 1. The van der Waals surface area contributed by atoms with E-state index >= 15 is 8.78 Å². The van der Waals surface area contributed by atoms with E-state index in [1.165, 1.54) is 18.1 Å². The smallest absolute Gasteiger partial charge is 0.334 e. The maximum absolute atomic E-state index is 16.0. The van der Waals surface area contributed by atoms with E-state index in [-0.39, 0.29) is 29.7 Å². The number of nitriles is 1. The lowest BCUT2D eigenvalue weighted by atomic mass is 9.99. The number of rotatable bonds is 6. The molecule has 3 heterocycles. The van der Waals surface area contributed by atoms with Gasteiger partial charge in [0.25, 0.3) is 0 Å². The van der Waals surface area contributed by atoms with Crippen molar-refractivity contribution >= 4 is 23.1 Å². The van der Waals surface area contributed by atoms with E-state index in [9.17, 15) is 10.1 Å². The molecule has 6 rings (SSSR count). The topological polar surface area (TPSA) is 87.3 Å². The fourth-order valence-electron chi connectivity index (χ4n) is 5.63. The highest BCUT2D eigenvalue weighted by Gasteiger charge is 2.38. The number of hydrogen-bond donors (Lipinski definition) is 0. The monoisotopic (exact) mass is 568 g/mol. The molecule has 0 spiro atoms. The van der Waals surface area contributed by atoms with Crippen LogP contribution in [-0.2, 0) is 13.6 Å². The summed E-state index contributed by atoms with van der Waals surface area (Å²) in [6, 6.07) is 10.0. The molecule has 2 aromatic carbocycles. The highest BCUT2D eigenvalue weighted by Crippen LogP contribution is 2.46. The largest absolute Gasteiger partial charge is 0.494 e. The zero-order chi connectivity index (χ0) is 29.9. The second-order valence-corrected chi connectivity index (χ2v) is 11.2. The maximum atomic E-state index is 16.0. The number of hydrogen-bond acceptors (Lipinski definition) is 5. The number of methoxy groups -OCH3 is 1. The fourth-order valence-corrected chi connectivity index (χ4v) is 5.63. The molecule has 0 saturated heterocycles. The number of anilines is 3. The molecule has 10 heteroatoms. The zero-order valence-electron chi connectivity index (χ0n) is 24.1. The van der Waals surface area contributed by atoms with Gasteiger partial charge < -0.3 is 4.74 Å². The van der Waals surface area contributed by atoms with Gasteiger partial charge in [0, 0.05) is 30.6 Å². The van der Waals surface area contributed by atoms with Crippen LogP contribution < -0.4 is 14.5 Å². The molecule has 1 aliphatic carbocycles. The molecule has 0 bridgehead atoms. The number of aryl methyl sites for hydroxylation is 2. The van der Waals surface area contributed by atoms with Gasteiger partial charge in [0.15, 0.2) is 17.4 Å². The lowest BCUT2D eigenvalue weighted by molar-refractivity contribution is 0.251. The Bertz CT molecular complexity index is 1790. The predicted molar refractivity (Wildman–Crippen MR) is 155 cm³/mol. The molecule has 0 radical (unpaired) electrons. The van der Waals surface area contributed by atoms with Crippen LogP contribution in [0.1, 0.15) is 66.5 Å². The summed E-state index contributed by atoms with van der Waals surface area (Å²) in [4.78, 5) is 21.6. The molecule has 4 aromatic rings. The summed E-state index contributed by atoms with van der Waals surface area (Å²) in [6.07, 6.45) is 5.41. The number of ether oxygens (including phenoxy) is 1. The highest BCUT2D eigenvalue weighted by atomic mass is 19.1. The third kappa shape index (κ3) is 4.45. The van der Waals surface area contributed by atoms with Crippen molar-refractivity contribution < 1.29 is 18.3 Å². The van der Waals surface area contributed by atoms with E-state index in [4.69, 9.17) is 4.74 Å². The van der Waals surface area contributed by atoms with Crippen molar-refractivity contribution in [3.63, 3.8) is 0 Å². The summed E-state index contributed by atoms with van der Waals surface area (Å²) in [6.45, 7) is 5.36. The van der Waals surface area contributed by atoms with Crippen LogP contribution in [0.2, 0.25) is 0 Å². The molecule has 8 nitrogen and oxygen atoms in total. The van der Waals surface area contributed by atoms with Gasteiger partial charge in [0.05, 0.1) is 48.0 Å². The van der Waals surface area contributed by atoms with Crippen LogP contribution in [0, 0.1) is 29.9 Å². The van der Waals surface area contributed by atoms with E-state index in [1.54, 1.807) is 42.9 Å². The number of aromatic nitrogens is 3. The minimum atomic E-state index is -0.954. The average Bonchev–Trinajstić information content (AvgIpc) is 3.76. The van der Waals surface area contributed by atoms with Gasteiger partial charge in [-0.25, -0.2) is 13.6 Å². The molecule has 0 N–H and O–H groups in total. The Morgan fingerprint density at radius 3 is 2.52 bits per heavy atom. The third-order valence-electron chi connectivity index (χ3n) is 7.96.